The second kappa shape index (κ2) is 16.8. The smallest absolute Gasteiger partial charge is 0.408 e. The zero-order valence-corrected chi connectivity index (χ0v) is 27.8. The van der Waals surface area contributed by atoms with Crippen molar-refractivity contribution < 1.29 is 19.1 Å². The second-order valence-electron chi connectivity index (χ2n) is 12.2. The largest absolute Gasteiger partial charge is 0.444 e. The average molecular weight is 632 g/mol. The highest BCUT2D eigenvalue weighted by atomic mass is 35.5. The number of anilines is 1. The van der Waals surface area contributed by atoms with Gasteiger partial charge in [-0.3, -0.25) is 9.59 Å². The van der Waals surface area contributed by atoms with Gasteiger partial charge in [-0.1, -0.05) is 111 Å². The quantitative estimate of drug-likeness (QED) is 0.175. The Balaban J connectivity index is 2.12. The van der Waals surface area contributed by atoms with Gasteiger partial charge in [-0.05, 0) is 68.5 Å². The van der Waals surface area contributed by atoms with E-state index in [2.05, 4.69) is 24.1 Å². The molecule has 0 aliphatic carbocycles. The van der Waals surface area contributed by atoms with Crippen LogP contribution >= 0.6 is 11.6 Å². The summed E-state index contributed by atoms with van der Waals surface area (Å²) in [7, 11) is 0. The highest BCUT2D eigenvalue weighted by Gasteiger charge is 2.36. The van der Waals surface area contributed by atoms with Crippen molar-refractivity contribution in [3.63, 3.8) is 0 Å². The fraction of sp³-hybridized carbons (Fsp3) is 0.378. The van der Waals surface area contributed by atoms with Crippen molar-refractivity contribution in [2.45, 2.75) is 84.4 Å². The first-order chi connectivity index (χ1) is 21.4. The molecule has 3 aromatic carbocycles. The molecule has 2 unspecified atom stereocenters. The van der Waals surface area contributed by atoms with Gasteiger partial charge in [0, 0.05) is 13.0 Å². The van der Waals surface area contributed by atoms with Crippen LogP contribution in [0.4, 0.5) is 10.5 Å². The van der Waals surface area contributed by atoms with Crippen LogP contribution in [0.3, 0.4) is 0 Å². The summed E-state index contributed by atoms with van der Waals surface area (Å²) in [5.74, 6) is -0.798. The van der Waals surface area contributed by atoms with E-state index in [4.69, 9.17) is 16.3 Å². The molecule has 0 fully saturated rings. The van der Waals surface area contributed by atoms with E-state index in [1.165, 1.54) is 0 Å². The zero-order valence-electron chi connectivity index (χ0n) is 27.1. The molecule has 240 valence electrons. The minimum Gasteiger partial charge on any atom is -0.444 e. The first kappa shape index (κ1) is 35.4. The molecule has 3 aromatic rings. The molecular weight excluding hydrogens is 586 g/mol. The maximum Gasteiger partial charge on any atom is 0.408 e. The monoisotopic (exact) mass is 631 g/mol. The van der Waals surface area contributed by atoms with Crippen LogP contribution in [0.25, 0.3) is 6.08 Å². The molecule has 8 heteroatoms. The molecular formula is C37H46ClN3O4. The Hall–Kier alpha value is -4.10. The van der Waals surface area contributed by atoms with Gasteiger partial charge in [-0.25, -0.2) is 4.79 Å². The summed E-state index contributed by atoms with van der Waals surface area (Å²) in [6, 6.07) is 20.3. The Bertz CT molecular complexity index is 1430. The van der Waals surface area contributed by atoms with Crippen LogP contribution in [0, 0.1) is 6.92 Å². The maximum atomic E-state index is 14.7. The Morgan fingerprint density at radius 1 is 0.978 bits per heavy atom. The van der Waals surface area contributed by atoms with Crippen molar-refractivity contribution in [1.29, 1.82) is 0 Å². The van der Waals surface area contributed by atoms with Gasteiger partial charge in [-0.2, -0.15) is 0 Å². The molecule has 2 N–H and O–H groups in total. The van der Waals surface area contributed by atoms with E-state index in [-0.39, 0.29) is 12.3 Å². The number of hydrogen-bond acceptors (Lipinski definition) is 4. The van der Waals surface area contributed by atoms with E-state index in [0.717, 1.165) is 36.0 Å². The van der Waals surface area contributed by atoms with Crippen LogP contribution in [-0.4, -0.2) is 41.0 Å². The number of unbranched alkanes of at least 4 members (excludes halogenated alkanes) is 3. The fourth-order valence-electron chi connectivity index (χ4n) is 5.09. The molecule has 3 rings (SSSR count). The number of ether oxygens (including phenoxy) is 1. The lowest BCUT2D eigenvalue weighted by molar-refractivity contribution is -0.140. The molecule has 0 bridgehead atoms. The van der Waals surface area contributed by atoms with E-state index < -0.39 is 29.7 Å². The molecule has 3 amide bonds. The van der Waals surface area contributed by atoms with Crippen LogP contribution in [-0.2, 0) is 20.7 Å². The van der Waals surface area contributed by atoms with Crippen molar-refractivity contribution in [3.8, 4) is 0 Å². The summed E-state index contributed by atoms with van der Waals surface area (Å²) in [5, 5.41) is 6.23. The van der Waals surface area contributed by atoms with Gasteiger partial charge in [0.1, 0.15) is 17.7 Å². The topological polar surface area (TPSA) is 87.7 Å². The number of aryl methyl sites for hydroxylation is 1. The number of para-hydroxylation sites is 1. The summed E-state index contributed by atoms with van der Waals surface area (Å²) < 4.78 is 5.55. The molecule has 0 saturated carbocycles. The van der Waals surface area contributed by atoms with Gasteiger partial charge in [0.2, 0.25) is 5.91 Å². The third-order valence-electron chi connectivity index (χ3n) is 7.30. The summed E-state index contributed by atoms with van der Waals surface area (Å²) in [5.41, 5.74) is 2.81. The van der Waals surface area contributed by atoms with E-state index in [0.29, 0.717) is 29.2 Å². The van der Waals surface area contributed by atoms with Crippen LogP contribution < -0.4 is 10.6 Å². The maximum absolute atomic E-state index is 14.7. The Morgan fingerprint density at radius 2 is 1.69 bits per heavy atom. The number of benzene rings is 3. The zero-order chi connectivity index (χ0) is 33.0. The predicted octanol–water partition coefficient (Wildman–Crippen LogP) is 8.52. The second-order valence-corrected chi connectivity index (χ2v) is 12.6. The SMILES string of the molecule is C=Cc1cccc(C(C(=O)Nc2c(C)cccc2Cl)N(CCCCCC)C(=O)C(Cc2ccccc2)NC(=O)OC(C)(C)C)c1. The minimum atomic E-state index is -1.02. The number of carbonyl (C=O) groups is 3. The molecule has 0 radical (unpaired) electrons. The number of nitrogens with one attached hydrogen (secondary N) is 2. The Kier molecular flexibility index (Phi) is 13.2. The van der Waals surface area contributed by atoms with Crippen molar-refractivity contribution in [2.24, 2.45) is 0 Å². The first-order valence-corrected chi connectivity index (χ1v) is 15.9. The van der Waals surface area contributed by atoms with Gasteiger partial charge < -0.3 is 20.3 Å². The highest BCUT2D eigenvalue weighted by molar-refractivity contribution is 6.34. The van der Waals surface area contributed by atoms with E-state index in [1.54, 1.807) is 37.8 Å². The molecule has 0 saturated heterocycles. The Labute approximate surface area is 273 Å². The lowest BCUT2D eigenvalue weighted by atomic mass is 9.98. The lowest BCUT2D eigenvalue weighted by Crippen LogP contribution is -2.53. The number of amides is 3. The average Bonchev–Trinajstić information content (AvgIpc) is 2.99. The van der Waals surface area contributed by atoms with Gasteiger partial charge >= 0.3 is 6.09 Å². The molecule has 0 aliphatic heterocycles. The van der Waals surface area contributed by atoms with Crippen LogP contribution in [0.1, 0.15) is 81.7 Å². The van der Waals surface area contributed by atoms with E-state index >= 15 is 0 Å². The normalized spacial score (nSPS) is 12.5. The van der Waals surface area contributed by atoms with Gasteiger partial charge in [0.15, 0.2) is 0 Å². The molecule has 45 heavy (non-hydrogen) atoms. The Morgan fingerprint density at radius 3 is 2.33 bits per heavy atom. The van der Waals surface area contributed by atoms with Crippen molar-refractivity contribution >= 4 is 41.3 Å². The fourth-order valence-corrected chi connectivity index (χ4v) is 5.36. The number of hydrogen-bond donors (Lipinski definition) is 2. The van der Waals surface area contributed by atoms with Gasteiger partial charge in [0.05, 0.1) is 10.7 Å². The summed E-state index contributed by atoms with van der Waals surface area (Å²) in [6.07, 6.45) is 4.79. The minimum absolute atomic E-state index is 0.217. The van der Waals surface area contributed by atoms with Gasteiger partial charge in [0.25, 0.3) is 5.91 Å². The summed E-state index contributed by atoms with van der Waals surface area (Å²) >= 11 is 6.51. The van der Waals surface area contributed by atoms with Gasteiger partial charge in [-0.15, -0.1) is 0 Å². The third kappa shape index (κ3) is 10.8. The third-order valence-corrected chi connectivity index (χ3v) is 7.61. The van der Waals surface area contributed by atoms with Crippen molar-refractivity contribution in [3.05, 3.63) is 107 Å². The van der Waals surface area contributed by atoms with E-state index in [1.807, 2.05) is 73.7 Å². The van der Waals surface area contributed by atoms with Crippen LogP contribution in [0.2, 0.25) is 5.02 Å². The standard InChI is InChI=1S/C37H46ClN3O4/c1-7-9-10-14-23-41(35(43)31(25-28-18-12-11-13-19-28)39-36(44)45-37(4,5)6)33(29-21-16-20-27(8-2)24-29)34(42)40-32-26(3)17-15-22-30(32)38/h8,11-13,15-22,24,31,33H,2,7,9-10,14,23,25H2,1,3-6H3,(H,39,44)(H,40,42). The summed E-state index contributed by atoms with van der Waals surface area (Å²) in [4.78, 5) is 43.7. The van der Waals surface area contributed by atoms with Crippen molar-refractivity contribution in [1.82, 2.24) is 10.2 Å². The highest BCUT2D eigenvalue weighted by Crippen LogP contribution is 2.30. The summed E-state index contributed by atoms with van der Waals surface area (Å²) in [6.45, 7) is 13.5. The molecule has 2 atom stereocenters. The molecule has 0 aliphatic rings. The molecule has 0 heterocycles. The van der Waals surface area contributed by atoms with Crippen LogP contribution in [0.15, 0.2) is 79.4 Å². The predicted molar refractivity (Wildman–Crippen MR) is 183 cm³/mol. The number of alkyl carbamates (subject to hydrolysis) is 1. The number of nitrogens with zero attached hydrogens (tertiary/aromatic N) is 1. The molecule has 0 spiro atoms. The van der Waals surface area contributed by atoms with Crippen LogP contribution in [0.5, 0.6) is 0 Å². The van der Waals surface area contributed by atoms with E-state index in [9.17, 15) is 14.4 Å². The van der Waals surface area contributed by atoms with Crippen molar-refractivity contribution in [2.75, 3.05) is 11.9 Å². The lowest BCUT2D eigenvalue weighted by Gasteiger charge is -2.35. The number of rotatable bonds is 14. The molecule has 7 nitrogen and oxygen atoms in total. The number of halogens is 1. The number of carbonyl (C=O) groups excluding carboxylic acids is 3. The molecule has 0 aromatic heterocycles. The first-order valence-electron chi connectivity index (χ1n) is 15.6.